The van der Waals surface area contributed by atoms with Crippen molar-refractivity contribution in [3.8, 4) is 5.75 Å². The van der Waals surface area contributed by atoms with Gasteiger partial charge in [-0.2, -0.15) is 0 Å². The molecule has 0 radical (unpaired) electrons. The van der Waals surface area contributed by atoms with Gasteiger partial charge in [0.05, 0.1) is 7.11 Å². The fourth-order valence-corrected chi connectivity index (χ4v) is 2.42. The molecular formula is C14H17NO2. The molecule has 3 heteroatoms. The number of methoxy groups -OCH3 is 1. The van der Waals surface area contributed by atoms with Crippen molar-refractivity contribution >= 4 is 17.2 Å². The number of aryl methyl sites for hydroxylation is 1. The Kier molecular flexibility index (Phi) is 2.92. The van der Waals surface area contributed by atoms with Crippen LogP contribution in [0.4, 0.5) is 0 Å². The molecule has 1 heterocycles. The zero-order valence-electron chi connectivity index (χ0n) is 10.7. The smallest absolute Gasteiger partial charge is 0.152 e. The Morgan fingerprint density at radius 3 is 2.59 bits per heavy atom. The summed E-state index contributed by atoms with van der Waals surface area (Å²) in [5.41, 5.74) is 2.91. The summed E-state index contributed by atoms with van der Waals surface area (Å²) in [5.74, 6) is 1.10. The van der Waals surface area contributed by atoms with E-state index in [0.717, 1.165) is 34.2 Å². The monoisotopic (exact) mass is 231 g/mol. The Balaban J connectivity index is 2.84. The molecule has 0 spiro atoms. The molecule has 3 nitrogen and oxygen atoms in total. The van der Waals surface area contributed by atoms with E-state index in [1.807, 2.05) is 25.2 Å². The van der Waals surface area contributed by atoms with Gasteiger partial charge < -0.3 is 9.30 Å². The molecule has 0 unspecified atom stereocenters. The van der Waals surface area contributed by atoms with Crippen LogP contribution in [0.25, 0.3) is 10.9 Å². The van der Waals surface area contributed by atoms with Crippen LogP contribution in [0, 0.1) is 0 Å². The predicted octanol–water partition coefficient (Wildman–Crippen LogP) is 3.12. The summed E-state index contributed by atoms with van der Waals surface area (Å²) in [6.45, 7) is 4.19. The largest absolute Gasteiger partial charge is 0.497 e. The summed E-state index contributed by atoms with van der Waals surface area (Å²) >= 11 is 0. The number of carbonyl (C=O) groups is 1. The molecule has 2 aromatic rings. The van der Waals surface area contributed by atoms with Crippen LogP contribution < -0.4 is 4.74 Å². The van der Waals surface area contributed by atoms with Crippen LogP contribution in [0.3, 0.4) is 0 Å². The highest BCUT2D eigenvalue weighted by Gasteiger charge is 2.17. The van der Waals surface area contributed by atoms with Crippen molar-refractivity contribution in [3.63, 3.8) is 0 Å². The van der Waals surface area contributed by atoms with Crippen molar-refractivity contribution in [2.75, 3.05) is 7.11 Å². The summed E-state index contributed by atoms with van der Waals surface area (Å²) < 4.78 is 7.29. The lowest BCUT2D eigenvalue weighted by atomic mass is 10.0. The first kappa shape index (κ1) is 11.7. The Hall–Kier alpha value is -1.77. The van der Waals surface area contributed by atoms with Gasteiger partial charge in [0, 0.05) is 29.2 Å². The summed E-state index contributed by atoms with van der Waals surface area (Å²) in [4.78, 5) is 11.3. The van der Waals surface area contributed by atoms with Crippen LogP contribution in [-0.4, -0.2) is 18.0 Å². The van der Waals surface area contributed by atoms with Gasteiger partial charge in [-0.15, -0.1) is 0 Å². The number of hydrogen-bond acceptors (Lipinski definition) is 2. The van der Waals surface area contributed by atoms with Gasteiger partial charge in [0.2, 0.25) is 0 Å². The molecule has 0 amide bonds. The molecule has 0 atom stereocenters. The number of rotatable bonds is 3. The number of aromatic nitrogens is 1. The highest BCUT2D eigenvalue weighted by Crippen LogP contribution is 2.31. The molecule has 0 fully saturated rings. The maximum atomic E-state index is 11.3. The lowest BCUT2D eigenvalue weighted by Gasteiger charge is -2.08. The lowest BCUT2D eigenvalue weighted by molar-refractivity contribution is 0.112. The molecule has 0 aliphatic rings. The maximum Gasteiger partial charge on any atom is 0.152 e. The number of carbonyl (C=O) groups excluding carboxylic acids is 1. The first-order valence-electron chi connectivity index (χ1n) is 5.71. The van der Waals surface area contributed by atoms with Crippen molar-refractivity contribution in [1.29, 1.82) is 0 Å². The average molecular weight is 231 g/mol. The van der Waals surface area contributed by atoms with E-state index < -0.39 is 0 Å². The predicted molar refractivity (Wildman–Crippen MR) is 68.9 cm³/mol. The van der Waals surface area contributed by atoms with Crippen LogP contribution in [0.1, 0.15) is 35.8 Å². The number of nitrogens with zero attached hydrogens (tertiary/aromatic N) is 1. The van der Waals surface area contributed by atoms with E-state index in [2.05, 4.69) is 18.4 Å². The summed E-state index contributed by atoms with van der Waals surface area (Å²) in [7, 11) is 3.63. The second kappa shape index (κ2) is 4.24. The highest BCUT2D eigenvalue weighted by atomic mass is 16.5. The molecule has 90 valence electrons. The van der Waals surface area contributed by atoms with E-state index in [1.165, 1.54) is 0 Å². The van der Waals surface area contributed by atoms with Crippen LogP contribution in [0.2, 0.25) is 0 Å². The Labute approximate surface area is 101 Å². The topological polar surface area (TPSA) is 31.2 Å². The second-order valence-electron chi connectivity index (χ2n) is 4.51. The minimum Gasteiger partial charge on any atom is -0.497 e. The minimum absolute atomic E-state index is 0.318. The molecule has 0 aliphatic heterocycles. The van der Waals surface area contributed by atoms with E-state index in [-0.39, 0.29) is 0 Å². The van der Waals surface area contributed by atoms with Crippen molar-refractivity contribution in [2.45, 2.75) is 19.8 Å². The standard InChI is InChI=1S/C14H17NO2/c1-9(2)14-12(8-16)11-7-10(17-4)5-6-13(11)15(14)3/h5-9H,1-4H3. The summed E-state index contributed by atoms with van der Waals surface area (Å²) in [5, 5.41) is 0.963. The molecule has 0 saturated heterocycles. The Bertz CT molecular complexity index is 567. The molecule has 0 N–H and O–H groups in total. The number of fused-ring (bicyclic) bond motifs is 1. The molecule has 0 bridgehead atoms. The average Bonchev–Trinajstić information content (AvgIpc) is 2.61. The first-order chi connectivity index (χ1) is 8.10. The van der Waals surface area contributed by atoms with Gasteiger partial charge in [0.25, 0.3) is 0 Å². The maximum absolute atomic E-state index is 11.3. The molecule has 1 aromatic heterocycles. The first-order valence-corrected chi connectivity index (χ1v) is 5.71. The third kappa shape index (κ3) is 1.71. The fourth-order valence-electron chi connectivity index (χ4n) is 2.42. The highest BCUT2D eigenvalue weighted by molar-refractivity contribution is 6.00. The van der Waals surface area contributed by atoms with Crippen molar-refractivity contribution < 1.29 is 9.53 Å². The van der Waals surface area contributed by atoms with Crippen molar-refractivity contribution in [3.05, 3.63) is 29.5 Å². The fraction of sp³-hybridized carbons (Fsp3) is 0.357. The molecule has 17 heavy (non-hydrogen) atoms. The molecule has 0 saturated carbocycles. The zero-order valence-corrected chi connectivity index (χ0v) is 10.7. The van der Waals surface area contributed by atoms with E-state index in [0.29, 0.717) is 5.92 Å². The van der Waals surface area contributed by atoms with Crippen molar-refractivity contribution in [1.82, 2.24) is 4.57 Å². The minimum atomic E-state index is 0.318. The quantitative estimate of drug-likeness (QED) is 0.760. The molecule has 0 aliphatic carbocycles. The summed E-state index contributed by atoms with van der Waals surface area (Å²) in [6, 6.07) is 5.83. The van der Waals surface area contributed by atoms with E-state index >= 15 is 0 Å². The van der Waals surface area contributed by atoms with Crippen LogP contribution in [0.5, 0.6) is 5.75 Å². The zero-order chi connectivity index (χ0) is 12.6. The van der Waals surface area contributed by atoms with Gasteiger partial charge in [-0.3, -0.25) is 4.79 Å². The van der Waals surface area contributed by atoms with Gasteiger partial charge in [-0.05, 0) is 24.1 Å². The van der Waals surface area contributed by atoms with Gasteiger partial charge >= 0.3 is 0 Å². The third-order valence-electron chi connectivity index (χ3n) is 3.16. The van der Waals surface area contributed by atoms with Crippen LogP contribution in [-0.2, 0) is 7.05 Å². The van der Waals surface area contributed by atoms with Crippen LogP contribution >= 0.6 is 0 Å². The Morgan fingerprint density at radius 1 is 1.35 bits per heavy atom. The van der Waals surface area contributed by atoms with Crippen molar-refractivity contribution in [2.24, 2.45) is 7.05 Å². The SMILES string of the molecule is COc1ccc2c(c1)c(C=O)c(C(C)C)n2C. The van der Waals surface area contributed by atoms with Gasteiger partial charge in [-0.25, -0.2) is 0 Å². The van der Waals surface area contributed by atoms with Crippen LogP contribution in [0.15, 0.2) is 18.2 Å². The normalized spacial score (nSPS) is 11.1. The number of benzene rings is 1. The third-order valence-corrected chi connectivity index (χ3v) is 3.16. The molecule has 2 rings (SSSR count). The van der Waals surface area contributed by atoms with Gasteiger partial charge in [0.15, 0.2) is 6.29 Å². The number of hydrogen-bond donors (Lipinski definition) is 0. The van der Waals surface area contributed by atoms with E-state index in [4.69, 9.17) is 4.74 Å². The number of aldehydes is 1. The lowest BCUT2D eigenvalue weighted by Crippen LogP contribution is -2.00. The van der Waals surface area contributed by atoms with Gasteiger partial charge in [-0.1, -0.05) is 13.8 Å². The second-order valence-corrected chi connectivity index (χ2v) is 4.51. The molecule has 1 aromatic carbocycles. The number of ether oxygens (including phenoxy) is 1. The van der Waals surface area contributed by atoms with E-state index in [1.54, 1.807) is 7.11 Å². The Morgan fingerprint density at radius 2 is 2.06 bits per heavy atom. The molecular weight excluding hydrogens is 214 g/mol. The summed E-state index contributed by atoms with van der Waals surface area (Å²) in [6.07, 6.45) is 0.942. The van der Waals surface area contributed by atoms with Gasteiger partial charge in [0.1, 0.15) is 5.75 Å². The van der Waals surface area contributed by atoms with E-state index in [9.17, 15) is 4.79 Å².